The molecule has 2 atom stereocenters. The molecule has 0 rings (SSSR count). The van der Waals surface area contributed by atoms with Crippen LogP contribution in [-0.4, -0.2) is 24.8 Å². The van der Waals surface area contributed by atoms with Gasteiger partial charge in [-0.2, -0.15) is 0 Å². The average Bonchev–Trinajstić information content (AvgIpc) is 2.02. The fraction of sp³-hybridized carbons (Fsp3) is 0.750. The third-order valence-electron chi connectivity index (χ3n) is 1.50. The number of rotatable bonds is 6. The zero-order valence-corrected chi connectivity index (χ0v) is 9.19. The van der Waals surface area contributed by atoms with Crippen molar-refractivity contribution in [1.82, 2.24) is 10.4 Å². The largest absolute Gasteiger partial charge is 0.345 e. The Labute approximate surface area is 81.1 Å². The molecule has 0 aliphatic heterocycles. The zero-order valence-electron chi connectivity index (χ0n) is 8.04. The van der Waals surface area contributed by atoms with Crippen LogP contribution in [0.25, 0.3) is 0 Å². The predicted octanol–water partition coefficient (Wildman–Crippen LogP) is 0.0959. The molecule has 5 heteroatoms. The van der Waals surface area contributed by atoms with E-state index < -0.39 is 0 Å². The van der Waals surface area contributed by atoms with Gasteiger partial charge in [-0.25, -0.2) is 0 Å². The lowest BCUT2D eigenvalue weighted by Crippen LogP contribution is -2.40. The molecule has 0 fully saturated rings. The van der Waals surface area contributed by atoms with E-state index in [0.717, 1.165) is 6.29 Å². The Hall–Kier alpha value is -0.470. The molecule has 13 heavy (non-hydrogen) atoms. The maximum Gasteiger partial charge on any atom is 0.234 e. The number of nitrogens with one attached hydrogen (secondary N) is 2. The molecule has 2 N–H and O–H groups in total. The lowest BCUT2D eigenvalue weighted by Gasteiger charge is -2.14. The van der Waals surface area contributed by atoms with E-state index in [0.29, 0.717) is 12.3 Å². The molecule has 0 aliphatic rings. The molecule has 0 saturated heterocycles. The van der Waals surface area contributed by atoms with Gasteiger partial charge in [0.2, 0.25) is 5.91 Å². The van der Waals surface area contributed by atoms with Crippen molar-refractivity contribution in [2.75, 3.05) is 6.54 Å². The molecule has 0 aromatic rings. The number of aldehydes is 1. The molecule has 4 nitrogen and oxygen atoms in total. The summed E-state index contributed by atoms with van der Waals surface area (Å²) >= 11 is 0. The van der Waals surface area contributed by atoms with Gasteiger partial charge >= 0.3 is 0 Å². The Morgan fingerprint density at radius 3 is 2.54 bits per heavy atom. The number of carbonyl (C=O) groups is 2. The highest BCUT2D eigenvalue weighted by Gasteiger charge is 2.11. The van der Waals surface area contributed by atoms with Gasteiger partial charge in [0.1, 0.15) is 6.29 Å². The van der Waals surface area contributed by atoms with Crippen LogP contribution in [-0.2, 0) is 9.59 Å². The van der Waals surface area contributed by atoms with Crippen molar-refractivity contribution in [3.63, 3.8) is 0 Å². The normalized spacial score (nSPS) is 12.6. The van der Waals surface area contributed by atoms with Gasteiger partial charge in [-0.3, -0.25) is 9.88 Å². The van der Waals surface area contributed by atoms with Crippen LogP contribution in [0.2, 0.25) is 0 Å². The Bertz CT molecular complexity index is 174. The summed E-state index contributed by atoms with van der Waals surface area (Å²) in [5.41, 5.74) is 0. The van der Waals surface area contributed by atoms with Crippen molar-refractivity contribution in [1.29, 1.82) is 0 Å². The molecular weight excluding hydrogens is 187 g/mol. The van der Waals surface area contributed by atoms with Crippen molar-refractivity contribution >= 4 is 21.6 Å². The molecule has 0 spiro atoms. The first-order valence-electron chi connectivity index (χ1n) is 4.28. The minimum absolute atomic E-state index is 0.159. The van der Waals surface area contributed by atoms with Crippen LogP contribution in [0.1, 0.15) is 20.3 Å². The Balaban J connectivity index is 3.83. The Kier molecular flexibility index (Phi) is 6.73. The highest BCUT2D eigenvalue weighted by Crippen LogP contribution is 2.02. The fourth-order valence-corrected chi connectivity index (χ4v) is 1.19. The zero-order chi connectivity index (χ0) is 10.3. The molecule has 0 heterocycles. The summed E-state index contributed by atoms with van der Waals surface area (Å²) in [6.07, 6.45) is 1.47. The molecule has 0 saturated carbocycles. The van der Waals surface area contributed by atoms with Crippen molar-refractivity contribution in [2.24, 2.45) is 5.92 Å². The van der Waals surface area contributed by atoms with Crippen molar-refractivity contribution in [3.8, 4) is 0 Å². The van der Waals surface area contributed by atoms with Gasteiger partial charge in [-0.15, -0.1) is 0 Å². The summed E-state index contributed by atoms with van der Waals surface area (Å²) in [5, 5.41) is 5.26. The molecule has 1 amide bonds. The van der Waals surface area contributed by atoms with E-state index in [1.807, 2.05) is 13.8 Å². The number of hydrogen-bond donors (Lipinski definition) is 2. The average molecular weight is 204 g/mol. The summed E-state index contributed by atoms with van der Waals surface area (Å²) in [7, 11) is 2.24. The van der Waals surface area contributed by atoms with Gasteiger partial charge in [0.15, 0.2) is 0 Å². The van der Waals surface area contributed by atoms with E-state index in [9.17, 15) is 9.59 Å². The summed E-state index contributed by atoms with van der Waals surface area (Å²) < 4.78 is 0. The first kappa shape index (κ1) is 12.5. The Morgan fingerprint density at radius 1 is 1.54 bits per heavy atom. The van der Waals surface area contributed by atoms with Crippen molar-refractivity contribution in [2.45, 2.75) is 26.3 Å². The lowest BCUT2D eigenvalue weighted by molar-refractivity contribution is -0.123. The van der Waals surface area contributed by atoms with Crippen LogP contribution >= 0.6 is 9.39 Å². The van der Waals surface area contributed by atoms with E-state index >= 15 is 0 Å². The SMILES string of the molecule is CC(C)CC(C=O)NC(=O)CNP. The number of carbonyl (C=O) groups excluding carboxylic acids is 2. The molecule has 0 aromatic heterocycles. The Morgan fingerprint density at radius 2 is 2.15 bits per heavy atom. The quantitative estimate of drug-likeness (QED) is 0.476. The monoisotopic (exact) mass is 204 g/mol. The third-order valence-corrected chi connectivity index (χ3v) is 1.70. The predicted molar refractivity (Wildman–Crippen MR) is 55.2 cm³/mol. The van der Waals surface area contributed by atoms with Crippen LogP contribution in [0.4, 0.5) is 0 Å². The molecule has 76 valence electrons. The van der Waals surface area contributed by atoms with Crippen LogP contribution in [0.15, 0.2) is 0 Å². The highest BCUT2D eigenvalue weighted by molar-refractivity contribution is 7.13. The fourth-order valence-electron chi connectivity index (χ4n) is 1.01. The van der Waals surface area contributed by atoms with Crippen molar-refractivity contribution < 1.29 is 9.59 Å². The first-order chi connectivity index (χ1) is 6.10. The summed E-state index contributed by atoms with van der Waals surface area (Å²) in [6, 6.07) is -0.356. The van der Waals surface area contributed by atoms with E-state index in [1.54, 1.807) is 0 Å². The number of hydrogen-bond acceptors (Lipinski definition) is 3. The second-order valence-corrected chi connectivity index (χ2v) is 3.73. The van der Waals surface area contributed by atoms with Crippen LogP contribution in [0.5, 0.6) is 0 Å². The van der Waals surface area contributed by atoms with Gasteiger partial charge in [0.05, 0.1) is 12.6 Å². The van der Waals surface area contributed by atoms with Gasteiger partial charge < -0.3 is 10.1 Å². The molecular formula is C8H17N2O2P. The molecule has 0 radical (unpaired) electrons. The maximum atomic E-state index is 11.0. The van der Waals surface area contributed by atoms with Crippen molar-refractivity contribution in [3.05, 3.63) is 0 Å². The van der Waals surface area contributed by atoms with Crippen LogP contribution in [0, 0.1) is 5.92 Å². The number of amides is 1. The summed E-state index contributed by atoms with van der Waals surface area (Å²) in [6.45, 7) is 4.24. The first-order valence-corrected chi connectivity index (χ1v) is 4.86. The molecule has 2 unspecified atom stereocenters. The minimum Gasteiger partial charge on any atom is -0.345 e. The van der Waals surface area contributed by atoms with E-state index in [4.69, 9.17) is 0 Å². The van der Waals surface area contributed by atoms with Gasteiger partial charge in [0.25, 0.3) is 0 Å². The maximum absolute atomic E-state index is 11.0. The van der Waals surface area contributed by atoms with E-state index in [2.05, 4.69) is 19.8 Å². The van der Waals surface area contributed by atoms with Gasteiger partial charge in [-0.05, 0) is 12.3 Å². The highest BCUT2D eigenvalue weighted by atomic mass is 31.0. The second-order valence-electron chi connectivity index (χ2n) is 3.32. The van der Waals surface area contributed by atoms with Gasteiger partial charge in [0, 0.05) is 0 Å². The molecule has 0 aromatic carbocycles. The van der Waals surface area contributed by atoms with Gasteiger partial charge in [-0.1, -0.05) is 23.2 Å². The van der Waals surface area contributed by atoms with E-state index in [-0.39, 0.29) is 18.5 Å². The van der Waals surface area contributed by atoms with E-state index in [1.165, 1.54) is 0 Å². The lowest BCUT2D eigenvalue weighted by atomic mass is 10.1. The smallest absolute Gasteiger partial charge is 0.234 e. The van der Waals surface area contributed by atoms with Crippen LogP contribution in [0.3, 0.4) is 0 Å². The standard InChI is InChI=1S/C8H17N2O2P/c1-6(2)3-7(5-11)10-8(12)4-9-13/h5-7,9H,3-4,13H2,1-2H3,(H,10,12). The summed E-state index contributed by atoms with van der Waals surface area (Å²) in [5.74, 6) is 0.243. The van der Waals surface area contributed by atoms with Crippen LogP contribution < -0.4 is 10.4 Å². The molecule has 0 aliphatic carbocycles. The minimum atomic E-state index is -0.356. The third kappa shape index (κ3) is 6.67. The topological polar surface area (TPSA) is 58.2 Å². The summed E-state index contributed by atoms with van der Waals surface area (Å²) in [4.78, 5) is 21.6. The second kappa shape index (κ2) is 6.98. The molecule has 0 bridgehead atoms.